The van der Waals surface area contributed by atoms with Gasteiger partial charge in [0.1, 0.15) is 5.75 Å². The van der Waals surface area contributed by atoms with Gasteiger partial charge in [-0.1, -0.05) is 22.8 Å². The Morgan fingerprint density at radius 3 is 2.80 bits per heavy atom. The number of nitrogens with two attached hydrogens (primary N) is 1. The molecule has 15 heavy (non-hydrogen) atoms. The van der Waals surface area contributed by atoms with E-state index in [4.69, 9.17) is 27.3 Å². The Labute approximate surface area is 93.3 Å². The first-order chi connectivity index (χ1) is 7.04. The Bertz CT molecular complexity index is 380. The Morgan fingerprint density at radius 2 is 2.27 bits per heavy atom. The third-order valence-electron chi connectivity index (χ3n) is 1.92. The smallest absolute Gasteiger partial charge is 0.180 e. The van der Waals surface area contributed by atoms with Gasteiger partial charge in [-0.05, 0) is 31.5 Å². The summed E-state index contributed by atoms with van der Waals surface area (Å²) in [5.41, 5.74) is 6.42. The van der Waals surface area contributed by atoms with E-state index in [1.807, 2.05) is 13.0 Å². The van der Waals surface area contributed by atoms with Gasteiger partial charge in [-0.25, -0.2) is 0 Å². The van der Waals surface area contributed by atoms with Crippen LogP contribution in [0.2, 0.25) is 5.02 Å². The van der Waals surface area contributed by atoms with Crippen molar-refractivity contribution in [1.29, 1.82) is 0 Å². The topological polar surface area (TPSA) is 67.8 Å². The lowest BCUT2D eigenvalue weighted by atomic mass is 10.2. The van der Waals surface area contributed by atoms with Gasteiger partial charge in [-0.2, -0.15) is 0 Å². The van der Waals surface area contributed by atoms with E-state index < -0.39 is 6.10 Å². The van der Waals surface area contributed by atoms with Gasteiger partial charge in [0.2, 0.25) is 0 Å². The third kappa shape index (κ3) is 3.02. The molecular formula is C10H13ClN2O2. The molecule has 0 aliphatic heterocycles. The first-order valence-corrected chi connectivity index (χ1v) is 4.82. The molecule has 0 saturated carbocycles. The van der Waals surface area contributed by atoms with Crippen molar-refractivity contribution in [3.63, 3.8) is 0 Å². The number of ether oxygens (including phenoxy) is 1. The molecule has 3 N–H and O–H groups in total. The molecule has 0 saturated heterocycles. The number of rotatable bonds is 3. The molecule has 0 bridgehead atoms. The first kappa shape index (κ1) is 11.7. The standard InChI is InChI=1S/C10H13ClN2O2/c1-6-3-4-9(8(11)5-6)15-7(2)10(12)13-14/h3-5,7,14H,1-2H3,(H2,12,13). The maximum Gasteiger partial charge on any atom is 0.180 e. The van der Waals surface area contributed by atoms with Crippen molar-refractivity contribution in [3.05, 3.63) is 28.8 Å². The third-order valence-corrected chi connectivity index (χ3v) is 2.22. The summed E-state index contributed by atoms with van der Waals surface area (Å²) in [5, 5.41) is 11.8. The summed E-state index contributed by atoms with van der Waals surface area (Å²) in [6.45, 7) is 3.61. The Balaban J connectivity index is 2.81. The maximum atomic E-state index is 8.45. The molecule has 0 fully saturated rings. The van der Waals surface area contributed by atoms with Crippen molar-refractivity contribution >= 4 is 17.4 Å². The van der Waals surface area contributed by atoms with Crippen LogP contribution in [0.3, 0.4) is 0 Å². The molecule has 1 unspecified atom stereocenters. The Morgan fingerprint density at radius 1 is 1.60 bits per heavy atom. The molecular weight excluding hydrogens is 216 g/mol. The van der Waals surface area contributed by atoms with Crippen molar-refractivity contribution < 1.29 is 9.94 Å². The van der Waals surface area contributed by atoms with E-state index >= 15 is 0 Å². The molecule has 0 heterocycles. The van der Waals surface area contributed by atoms with Gasteiger partial charge in [0.25, 0.3) is 0 Å². The normalized spacial score (nSPS) is 13.7. The lowest BCUT2D eigenvalue weighted by Gasteiger charge is -2.14. The highest BCUT2D eigenvalue weighted by Gasteiger charge is 2.11. The highest BCUT2D eigenvalue weighted by Crippen LogP contribution is 2.25. The minimum atomic E-state index is -0.518. The zero-order valence-electron chi connectivity index (χ0n) is 8.57. The number of benzene rings is 1. The van der Waals surface area contributed by atoms with Crippen LogP contribution in [-0.4, -0.2) is 17.1 Å². The van der Waals surface area contributed by atoms with Crippen molar-refractivity contribution in [2.24, 2.45) is 10.9 Å². The van der Waals surface area contributed by atoms with Crippen LogP contribution >= 0.6 is 11.6 Å². The van der Waals surface area contributed by atoms with Crippen LogP contribution in [0.25, 0.3) is 0 Å². The van der Waals surface area contributed by atoms with Crippen LogP contribution in [-0.2, 0) is 0 Å². The zero-order valence-corrected chi connectivity index (χ0v) is 9.32. The van der Waals surface area contributed by atoms with Gasteiger partial charge in [0.05, 0.1) is 5.02 Å². The second kappa shape index (κ2) is 4.89. The molecule has 1 rings (SSSR count). The van der Waals surface area contributed by atoms with Crippen LogP contribution in [0.5, 0.6) is 5.75 Å². The highest BCUT2D eigenvalue weighted by molar-refractivity contribution is 6.32. The summed E-state index contributed by atoms with van der Waals surface area (Å²) in [4.78, 5) is 0. The molecule has 5 heteroatoms. The lowest BCUT2D eigenvalue weighted by molar-refractivity contribution is 0.265. The molecule has 82 valence electrons. The van der Waals surface area contributed by atoms with Gasteiger partial charge < -0.3 is 15.7 Å². The number of amidine groups is 1. The molecule has 1 atom stereocenters. The van der Waals surface area contributed by atoms with E-state index in [9.17, 15) is 0 Å². The van der Waals surface area contributed by atoms with E-state index in [-0.39, 0.29) is 5.84 Å². The van der Waals surface area contributed by atoms with Crippen molar-refractivity contribution in [2.75, 3.05) is 0 Å². The van der Waals surface area contributed by atoms with Gasteiger partial charge in [-0.3, -0.25) is 0 Å². The summed E-state index contributed by atoms with van der Waals surface area (Å²) in [6, 6.07) is 5.41. The SMILES string of the molecule is Cc1ccc(OC(C)C(N)=NO)c(Cl)c1. The molecule has 1 aromatic rings. The minimum Gasteiger partial charge on any atom is -0.481 e. The van der Waals surface area contributed by atoms with Crippen LogP contribution in [0, 0.1) is 6.92 Å². The van der Waals surface area contributed by atoms with Crippen LogP contribution in [0.1, 0.15) is 12.5 Å². The minimum absolute atomic E-state index is 0.00615. The summed E-state index contributed by atoms with van der Waals surface area (Å²) in [7, 11) is 0. The quantitative estimate of drug-likeness (QED) is 0.361. The van der Waals surface area contributed by atoms with Gasteiger partial charge in [0, 0.05) is 0 Å². The fourth-order valence-electron chi connectivity index (χ4n) is 1.03. The highest BCUT2D eigenvalue weighted by atomic mass is 35.5. The van der Waals surface area contributed by atoms with Gasteiger partial charge in [0.15, 0.2) is 11.9 Å². The van der Waals surface area contributed by atoms with Crippen molar-refractivity contribution in [1.82, 2.24) is 0 Å². The van der Waals surface area contributed by atoms with Crippen LogP contribution in [0.4, 0.5) is 0 Å². The number of hydrogen-bond acceptors (Lipinski definition) is 3. The molecule has 0 radical (unpaired) electrons. The monoisotopic (exact) mass is 228 g/mol. The number of nitrogens with zero attached hydrogens (tertiary/aromatic N) is 1. The predicted octanol–water partition coefficient (Wildman–Crippen LogP) is 2.16. The fourth-order valence-corrected chi connectivity index (χ4v) is 1.31. The second-order valence-corrected chi connectivity index (χ2v) is 3.63. The number of aryl methyl sites for hydroxylation is 1. The molecule has 4 nitrogen and oxygen atoms in total. The van der Waals surface area contributed by atoms with E-state index in [1.54, 1.807) is 19.1 Å². The number of hydrogen-bond donors (Lipinski definition) is 2. The number of halogens is 1. The molecule has 1 aromatic carbocycles. The van der Waals surface area contributed by atoms with Crippen LogP contribution < -0.4 is 10.5 Å². The van der Waals surface area contributed by atoms with E-state index in [0.29, 0.717) is 10.8 Å². The average molecular weight is 229 g/mol. The van der Waals surface area contributed by atoms with E-state index in [1.165, 1.54) is 0 Å². The Hall–Kier alpha value is -1.42. The first-order valence-electron chi connectivity index (χ1n) is 4.45. The fraction of sp³-hybridized carbons (Fsp3) is 0.300. The van der Waals surface area contributed by atoms with Crippen LogP contribution in [0.15, 0.2) is 23.4 Å². The molecule has 0 amide bonds. The number of oxime groups is 1. The van der Waals surface area contributed by atoms with E-state index in [2.05, 4.69) is 5.16 Å². The summed E-state index contributed by atoms with van der Waals surface area (Å²) in [6.07, 6.45) is -0.518. The van der Waals surface area contributed by atoms with Crippen molar-refractivity contribution in [2.45, 2.75) is 20.0 Å². The molecule has 0 spiro atoms. The maximum absolute atomic E-state index is 8.45. The Kier molecular flexibility index (Phi) is 3.80. The summed E-state index contributed by atoms with van der Waals surface area (Å²) >= 11 is 5.95. The molecule has 0 aliphatic carbocycles. The molecule has 0 aromatic heterocycles. The largest absolute Gasteiger partial charge is 0.481 e. The average Bonchev–Trinajstić information content (AvgIpc) is 2.20. The van der Waals surface area contributed by atoms with Gasteiger partial charge in [-0.15, -0.1) is 0 Å². The van der Waals surface area contributed by atoms with Crippen molar-refractivity contribution in [3.8, 4) is 5.75 Å². The van der Waals surface area contributed by atoms with Gasteiger partial charge >= 0.3 is 0 Å². The zero-order chi connectivity index (χ0) is 11.4. The summed E-state index contributed by atoms with van der Waals surface area (Å²) in [5.74, 6) is 0.521. The molecule has 0 aliphatic rings. The summed E-state index contributed by atoms with van der Waals surface area (Å²) < 4.78 is 5.41. The van der Waals surface area contributed by atoms with E-state index in [0.717, 1.165) is 5.56 Å². The predicted molar refractivity (Wildman–Crippen MR) is 59.7 cm³/mol. The lowest BCUT2D eigenvalue weighted by Crippen LogP contribution is -2.31. The second-order valence-electron chi connectivity index (χ2n) is 3.22.